The number of allylic oxidation sites excluding steroid dienone is 2. The number of aromatic nitrogens is 1. The number of rotatable bonds is 19. The number of carbonyl (C=O) groups is 1. The minimum absolute atomic E-state index is 0.107. The Balaban J connectivity index is 1.80. The Bertz CT molecular complexity index is 541. The second-order valence-corrected chi connectivity index (χ2v) is 8.66. The van der Waals surface area contributed by atoms with Crippen LogP contribution < -0.4 is 0 Å². The number of nitrogens with zero attached hydrogens (tertiary/aromatic N) is 1. The van der Waals surface area contributed by atoms with Crippen molar-refractivity contribution >= 4 is 5.97 Å². The van der Waals surface area contributed by atoms with Gasteiger partial charge < -0.3 is 4.74 Å². The Hall–Kier alpha value is -1.64. The van der Waals surface area contributed by atoms with Crippen molar-refractivity contribution in [3.05, 3.63) is 42.2 Å². The van der Waals surface area contributed by atoms with Crippen LogP contribution in [0.5, 0.6) is 0 Å². The summed E-state index contributed by atoms with van der Waals surface area (Å²) in [5.74, 6) is 0.807. The molecule has 170 valence electrons. The summed E-state index contributed by atoms with van der Waals surface area (Å²) in [5, 5.41) is 0. The van der Waals surface area contributed by atoms with Gasteiger partial charge in [0.15, 0.2) is 0 Å². The second kappa shape index (κ2) is 19.3. The predicted molar refractivity (Wildman–Crippen MR) is 127 cm³/mol. The van der Waals surface area contributed by atoms with Crippen molar-refractivity contribution in [1.82, 2.24) is 4.98 Å². The molecule has 0 amide bonds. The fraction of sp³-hybridized carbons (Fsp3) is 0.704. The summed E-state index contributed by atoms with van der Waals surface area (Å²) in [7, 11) is 0. The standard InChI is InChI=1S/C27H45NO2/c1-3-25(2)19-16-14-12-10-8-6-4-5-7-9-11-13-15-17-21-27(29)30-24-26-20-18-22-28-23-26/h7,9,18,20,22-23,25H,3-6,8,10-17,19,21,24H2,1-2H3/b9-7-. The Labute approximate surface area is 185 Å². The van der Waals surface area contributed by atoms with Gasteiger partial charge in [-0.1, -0.05) is 89.9 Å². The van der Waals surface area contributed by atoms with Gasteiger partial charge in [-0.3, -0.25) is 9.78 Å². The van der Waals surface area contributed by atoms with Gasteiger partial charge in [0, 0.05) is 24.4 Å². The normalized spacial score (nSPS) is 12.3. The Kier molecular flexibility index (Phi) is 17.0. The maximum Gasteiger partial charge on any atom is 0.306 e. The van der Waals surface area contributed by atoms with Gasteiger partial charge in [-0.15, -0.1) is 0 Å². The van der Waals surface area contributed by atoms with Crippen LogP contribution in [0.1, 0.15) is 116 Å². The molecule has 1 rings (SSSR count). The topological polar surface area (TPSA) is 39.2 Å². The van der Waals surface area contributed by atoms with Crippen molar-refractivity contribution in [2.24, 2.45) is 5.92 Å². The van der Waals surface area contributed by atoms with Crippen LogP contribution in [0.4, 0.5) is 0 Å². The van der Waals surface area contributed by atoms with Crippen molar-refractivity contribution in [3.8, 4) is 0 Å². The second-order valence-electron chi connectivity index (χ2n) is 8.66. The van der Waals surface area contributed by atoms with Crippen molar-refractivity contribution in [2.45, 2.75) is 117 Å². The highest BCUT2D eigenvalue weighted by Gasteiger charge is 2.03. The highest BCUT2D eigenvalue weighted by atomic mass is 16.5. The van der Waals surface area contributed by atoms with Crippen LogP contribution in [0.2, 0.25) is 0 Å². The van der Waals surface area contributed by atoms with E-state index in [9.17, 15) is 4.79 Å². The van der Waals surface area contributed by atoms with E-state index in [1.54, 1.807) is 12.4 Å². The number of pyridine rings is 1. The molecular formula is C27H45NO2. The highest BCUT2D eigenvalue weighted by molar-refractivity contribution is 5.69. The van der Waals surface area contributed by atoms with E-state index in [4.69, 9.17) is 4.74 Å². The van der Waals surface area contributed by atoms with Crippen LogP contribution in [-0.4, -0.2) is 11.0 Å². The number of carbonyl (C=O) groups excluding carboxylic acids is 1. The molecule has 1 aromatic rings. The van der Waals surface area contributed by atoms with Crippen molar-refractivity contribution in [1.29, 1.82) is 0 Å². The van der Waals surface area contributed by atoms with E-state index >= 15 is 0 Å². The lowest BCUT2D eigenvalue weighted by Crippen LogP contribution is -2.04. The van der Waals surface area contributed by atoms with Crippen molar-refractivity contribution < 1.29 is 9.53 Å². The van der Waals surface area contributed by atoms with Gasteiger partial charge >= 0.3 is 5.97 Å². The molecule has 30 heavy (non-hydrogen) atoms. The van der Waals surface area contributed by atoms with Gasteiger partial charge in [-0.25, -0.2) is 0 Å². The third kappa shape index (κ3) is 16.2. The molecule has 0 saturated carbocycles. The SMILES string of the molecule is CCC(C)CCCCCCCCC/C=C\CCCCCC(=O)OCc1cccnc1. The van der Waals surface area contributed by atoms with E-state index < -0.39 is 0 Å². The van der Waals surface area contributed by atoms with Gasteiger partial charge in [0.1, 0.15) is 6.61 Å². The smallest absolute Gasteiger partial charge is 0.306 e. The maximum absolute atomic E-state index is 11.7. The number of hydrogen-bond acceptors (Lipinski definition) is 3. The molecule has 0 aliphatic carbocycles. The molecule has 1 heterocycles. The molecule has 0 radical (unpaired) electrons. The molecular weight excluding hydrogens is 370 g/mol. The lowest BCUT2D eigenvalue weighted by atomic mass is 9.99. The molecule has 0 fully saturated rings. The van der Waals surface area contributed by atoms with Crippen molar-refractivity contribution in [2.75, 3.05) is 0 Å². The molecule has 0 saturated heterocycles. The maximum atomic E-state index is 11.7. The summed E-state index contributed by atoms with van der Waals surface area (Å²) < 4.78 is 5.27. The first kappa shape index (κ1) is 26.4. The first-order valence-corrected chi connectivity index (χ1v) is 12.4. The Morgan fingerprint density at radius 3 is 2.23 bits per heavy atom. The zero-order valence-corrected chi connectivity index (χ0v) is 19.6. The molecule has 3 heteroatoms. The van der Waals surface area contributed by atoms with Gasteiger partial charge in [0.25, 0.3) is 0 Å². The summed E-state index contributed by atoms with van der Waals surface area (Å²) in [5.41, 5.74) is 0.938. The molecule has 0 N–H and O–H groups in total. The molecule has 3 nitrogen and oxygen atoms in total. The van der Waals surface area contributed by atoms with E-state index in [0.29, 0.717) is 13.0 Å². The van der Waals surface area contributed by atoms with E-state index in [-0.39, 0.29) is 5.97 Å². The van der Waals surface area contributed by atoms with Crippen LogP contribution in [0.15, 0.2) is 36.7 Å². The molecule has 0 spiro atoms. The van der Waals surface area contributed by atoms with Crippen LogP contribution in [0, 0.1) is 5.92 Å². The quantitative estimate of drug-likeness (QED) is 0.130. The fourth-order valence-corrected chi connectivity index (χ4v) is 3.51. The molecule has 1 aromatic heterocycles. The summed E-state index contributed by atoms with van der Waals surface area (Å²) in [6.45, 7) is 4.99. The predicted octanol–water partition coefficient (Wildman–Crippen LogP) is 8.19. The number of esters is 1. The van der Waals surface area contributed by atoms with Crippen molar-refractivity contribution in [3.63, 3.8) is 0 Å². The van der Waals surface area contributed by atoms with Gasteiger partial charge in [-0.2, -0.15) is 0 Å². The zero-order valence-electron chi connectivity index (χ0n) is 19.6. The molecule has 1 unspecified atom stereocenters. The van der Waals surface area contributed by atoms with Crippen LogP contribution >= 0.6 is 0 Å². The first-order chi connectivity index (χ1) is 14.7. The molecule has 0 aromatic carbocycles. The third-order valence-electron chi connectivity index (χ3n) is 5.81. The largest absolute Gasteiger partial charge is 0.461 e. The fourth-order valence-electron chi connectivity index (χ4n) is 3.51. The number of hydrogen-bond donors (Lipinski definition) is 0. The lowest BCUT2D eigenvalue weighted by molar-refractivity contribution is -0.145. The van der Waals surface area contributed by atoms with Gasteiger partial charge in [0.05, 0.1) is 0 Å². The monoisotopic (exact) mass is 415 g/mol. The first-order valence-electron chi connectivity index (χ1n) is 12.4. The van der Waals surface area contributed by atoms with E-state index in [1.807, 2.05) is 12.1 Å². The third-order valence-corrected chi connectivity index (χ3v) is 5.81. The van der Waals surface area contributed by atoms with Crippen LogP contribution in [0.3, 0.4) is 0 Å². The molecule has 1 atom stereocenters. The number of ether oxygens (including phenoxy) is 1. The average Bonchev–Trinajstić information content (AvgIpc) is 2.77. The van der Waals surface area contributed by atoms with Gasteiger partial charge in [-0.05, 0) is 44.1 Å². The minimum Gasteiger partial charge on any atom is -0.461 e. The Morgan fingerprint density at radius 1 is 0.967 bits per heavy atom. The number of unbranched alkanes of at least 4 members (excludes halogenated alkanes) is 10. The molecule has 0 bridgehead atoms. The summed E-state index contributed by atoms with van der Waals surface area (Å²) in [6.07, 6.45) is 26.6. The zero-order chi connectivity index (χ0) is 21.7. The van der Waals surface area contributed by atoms with Crippen LogP contribution in [-0.2, 0) is 16.1 Å². The molecule has 0 aliphatic heterocycles. The average molecular weight is 416 g/mol. The summed E-state index contributed by atoms with van der Waals surface area (Å²) in [6, 6.07) is 3.77. The molecule has 0 aliphatic rings. The van der Waals surface area contributed by atoms with Gasteiger partial charge in [0.2, 0.25) is 0 Å². The van der Waals surface area contributed by atoms with E-state index in [1.165, 1.54) is 64.2 Å². The van der Waals surface area contributed by atoms with E-state index in [2.05, 4.69) is 31.0 Å². The minimum atomic E-state index is -0.107. The van der Waals surface area contributed by atoms with E-state index in [0.717, 1.165) is 37.2 Å². The van der Waals surface area contributed by atoms with Crippen LogP contribution in [0.25, 0.3) is 0 Å². The summed E-state index contributed by atoms with van der Waals surface area (Å²) in [4.78, 5) is 15.8. The highest BCUT2D eigenvalue weighted by Crippen LogP contribution is 2.15. The Morgan fingerprint density at radius 2 is 1.60 bits per heavy atom. The lowest BCUT2D eigenvalue weighted by Gasteiger charge is -2.07. The summed E-state index contributed by atoms with van der Waals surface area (Å²) >= 11 is 0.